The van der Waals surface area contributed by atoms with E-state index in [0.717, 1.165) is 24.2 Å². The Morgan fingerprint density at radius 2 is 2.25 bits per heavy atom. The van der Waals surface area contributed by atoms with Crippen molar-refractivity contribution in [3.8, 4) is 5.75 Å². The molecule has 1 atom stereocenters. The van der Waals surface area contributed by atoms with Crippen LogP contribution in [0.25, 0.3) is 0 Å². The number of aryl methyl sites for hydroxylation is 1. The molecule has 1 N–H and O–H groups in total. The van der Waals surface area contributed by atoms with Gasteiger partial charge in [0.25, 0.3) is 0 Å². The number of hydrogen-bond acceptors (Lipinski definition) is 4. The van der Waals surface area contributed by atoms with E-state index in [0.29, 0.717) is 0 Å². The van der Waals surface area contributed by atoms with Crippen molar-refractivity contribution < 1.29 is 9.13 Å². The molecule has 0 aliphatic rings. The molecule has 0 fully saturated rings. The van der Waals surface area contributed by atoms with Gasteiger partial charge in [0.2, 0.25) is 0 Å². The fourth-order valence-electron chi connectivity index (χ4n) is 2.10. The number of methoxy groups -OCH3 is 1. The van der Waals surface area contributed by atoms with E-state index in [2.05, 4.69) is 22.6 Å². The molecule has 1 aromatic heterocycles. The molecule has 6 heteroatoms. The van der Waals surface area contributed by atoms with Crippen molar-refractivity contribution in [3.63, 3.8) is 0 Å². The minimum absolute atomic E-state index is 0.143. The van der Waals surface area contributed by atoms with E-state index in [-0.39, 0.29) is 17.6 Å². The van der Waals surface area contributed by atoms with Gasteiger partial charge in [-0.15, -0.1) is 5.10 Å². The van der Waals surface area contributed by atoms with Crippen molar-refractivity contribution in [2.45, 2.75) is 19.4 Å². The number of hydrogen-bond donors (Lipinski definition) is 1. The molecule has 5 nitrogen and oxygen atoms in total. The minimum Gasteiger partial charge on any atom is -0.494 e. The fourth-order valence-corrected chi connectivity index (χ4v) is 2.10. The van der Waals surface area contributed by atoms with E-state index in [1.54, 1.807) is 16.9 Å². The first kappa shape index (κ1) is 14.5. The zero-order valence-corrected chi connectivity index (χ0v) is 11.9. The van der Waals surface area contributed by atoms with Crippen LogP contribution in [0.1, 0.15) is 30.6 Å². The molecule has 0 amide bonds. The van der Waals surface area contributed by atoms with Crippen LogP contribution in [-0.2, 0) is 7.05 Å². The van der Waals surface area contributed by atoms with Crippen molar-refractivity contribution in [3.05, 3.63) is 41.5 Å². The van der Waals surface area contributed by atoms with Crippen LogP contribution in [0.2, 0.25) is 0 Å². The van der Waals surface area contributed by atoms with Crippen LogP contribution in [0, 0.1) is 5.82 Å². The van der Waals surface area contributed by atoms with Gasteiger partial charge in [-0.3, -0.25) is 4.68 Å². The second kappa shape index (κ2) is 6.47. The third kappa shape index (κ3) is 2.96. The number of ether oxygens (including phenoxy) is 1. The number of rotatable bonds is 6. The summed E-state index contributed by atoms with van der Waals surface area (Å²) in [7, 11) is 3.28. The lowest BCUT2D eigenvalue weighted by atomic mass is 10.0. The zero-order valence-electron chi connectivity index (χ0n) is 11.9. The summed E-state index contributed by atoms with van der Waals surface area (Å²) in [6.07, 6.45) is 2.68. The zero-order chi connectivity index (χ0) is 14.5. The number of aromatic nitrogens is 3. The van der Waals surface area contributed by atoms with Crippen molar-refractivity contribution in [2.24, 2.45) is 7.05 Å². The van der Waals surface area contributed by atoms with E-state index < -0.39 is 0 Å². The van der Waals surface area contributed by atoms with Crippen molar-refractivity contribution in [2.75, 3.05) is 13.7 Å². The predicted octanol–water partition coefficient (Wildman–Crippen LogP) is 2.05. The molecule has 0 saturated carbocycles. The molecule has 2 aromatic rings. The molecule has 108 valence electrons. The Kier molecular flexibility index (Phi) is 4.68. The first-order chi connectivity index (χ1) is 9.67. The highest BCUT2D eigenvalue weighted by atomic mass is 19.1. The van der Waals surface area contributed by atoms with Crippen LogP contribution in [0.15, 0.2) is 24.4 Å². The summed E-state index contributed by atoms with van der Waals surface area (Å²) in [5, 5.41) is 11.2. The van der Waals surface area contributed by atoms with Crippen LogP contribution in [0.4, 0.5) is 4.39 Å². The van der Waals surface area contributed by atoms with E-state index in [4.69, 9.17) is 4.74 Å². The van der Waals surface area contributed by atoms with Crippen molar-refractivity contribution in [1.29, 1.82) is 0 Å². The normalized spacial score (nSPS) is 12.4. The highest BCUT2D eigenvalue weighted by Crippen LogP contribution is 2.25. The van der Waals surface area contributed by atoms with Crippen molar-refractivity contribution in [1.82, 2.24) is 20.3 Å². The van der Waals surface area contributed by atoms with Gasteiger partial charge in [0.05, 0.1) is 25.0 Å². The van der Waals surface area contributed by atoms with Gasteiger partial charge in [0.1, 0.15) is 0 Å². The molecule has 1 unspecified atom stereocenters. The molecule has 1 heterocycles. The van der Waals surface area contributed by atoms with Gasteiger partial charge < -0.3 is 10.1 Å². The monoisotopic (exact) mass is 278 g/mol. The molecule has 1 aromatic carbocycles. The Morgan fingerprint density at radius 1 is 1.45 bits per heavy atom. The van der Waals surface area contributed by atoms with Gasteiger partial charge in [-0.25, -0.2) is 4.39 Å². The largest absolute Gasteiger partial charge is 0.494 e. The maximum absolute atomic E-state index is 13.9. The second-order valence-electron chi connectivity index (χ2n) is 4.56. The van der Waals surface area contributed by atoms with E-state index in [1.807, 2.05) is 13.1 Å². The lowest BCUT2D eigenvalue weighted by Crippen LogP contribution is -2.25. The van der Waals surface area contributed by atoms with Gasteiger partial charge in [-0.2, -0.15) is 0 Å². The quantitative estimate of drug-likeness (QED) is 0.878. The summed E-state index contributed by atoms with van der Waals surface area (Å²) in [5.74, 6) is -0.130. The Morgan fingerprint density at radius 3 is 2.80 bits per heavy atom. The maximum Gasteiger partial charge on any atom is 0.165 e. The molecular weight excluding hydrogens is 259 g/mol. The smallest absolute Gasteiger partial charge is 0.165 e. The molecule has 0 bridgehead atoms. The summed E-state index contributed by atoms with van der Waals surface area (Å²) in [6.45, 7) is 2.91. The topological polar surface area (TPSA) is 52.0 Å². The molecule has 20 heavy (non-hydrogen) atoms. The van der Waals surface area contributed by atoms with Crippen molar-refractivity contribution >= 4 is 0 Å². The number of nitrogens with one attached hydrogen (secondary N) is 1. The minimum atomic E-state index is -0.372. The number of benzene rings is 1. The fraction of sp³-hybridized carbons (Fsp3) is 0.429. The van der Waals surface area contributed by atoms with Crippen LogP contribution >= 0.6 is 0 Å². The summed E-state index contributed by atoms with van der Waals surface area (Å²) in [5.41, 5.74) is 1.71. The predicted molar refractivity (Wildman–Crippen MR) is 74.1 cm³/mol. The van der Waals surface area contributed by atoms with E-state index >= 15 is 0 Å². The van der Waals surface area contributed by atoms with Crippen LogP contribution in [0.3, 0.4) is 0 Å². The maximum atomic E-state index is 13.9. The highest BCUT2D eigenvalue weighted by Gasteiger charge is 2.19. The molecular formula is C14H19FN4O. The summed E-state index contributed by atoms with van der Waals surface area (Å²) >= 11 is 0. The average Bonchev–Trinajstić information content (AvgIpc) is 2.86. The first-order valence-electron chi connectivity index (χ1n) is 6.58. The molecule has 0 aliphatic carbocycles. The standard InChI is InChI=1S/C14H19FN4O/c1-4-7-16-14(12-9-17-18-19(12)2)10-5-6-13(20-3)11(15)8-10/h5-6,8-9,14,16H,4,7H2,1-3H3. The second-order valence-corrected chi connectivity index (χ2v) is 4.56. The Balaban J connectivity index is 2.36. The number of nitrogens with zero attached hydrogens (tertiary/aromatic N) is 3. The van der Waals surface area contributed by atoms with Crippen LogP contribution in [0.5, 0.6) is 5.75 Å². The van der Waals surface area contributed by atoms with Gasteiger partial charge in [-0.1, -0.05) is 18.2 Å². The molecule has 0 radical (unpaired) electrons. The lowest BCUT2D eigenvalue weighted by molar-refractivity contribution is 0.385. The molecule has 0 aliphatic heterocycles. The number of halogens is 1. The Labute approximate surface area is 117 Å². The third-order valence-corrected chi connectivity index (χ3v) is 3.15. The molecule has 2 rings (SSSR count). The van der Waals surface area contributed by atoms with Gasteiger partial charge in [0.15, 0.2) is 11.6 Å². The average molecular weight is 278 g/mol. The lowest BCUT2D eigenvalue weighted by Gasteiger charge is -2.19. The van der Waals surface area contributed by atoms with Gasteiger partial charge in [-0.05, 0) is 30.7 Å². The molecule has 0 saturated heterocycles. The van der Waals surface area contributed by atoms with E-state index in [1.165, 1.54) is 13.2 Å². The summed E-state index contributed by atoms with van der Waals surface area (Å²) < 4.78 is 20.5. The summed E-state index contributed by atoms with van der Waals surface area (Å²) in [6, 6.07) is 4.83. The SMILES string of the molecule is CCCNC(c1ccc(OC)c(F)c1)c1cnnn1C. The Hall–Kier alpha value is -1.95. The molecule has 0 spiro atoms. The highest BCUT2D eigenvalue weighted by molar-refractivity contribution is 5.34. The third-order valence-electron chi connectivity index (χ3n) is 3.15. The van der Waals surface area contributed by atoms with Gasteiger partial charge in [0, 0.05) is 7.05 Å². The summed E-state index contributed by atoms with van der Waals surface area (Å²) in [4.78, 5) is 0. The van der Waals surface area contributed by atoms with Gasteiger partial charge >= 0.3 is 0 Å². The first-order valence-corrected chi connectivity index (χ1v) is 6.58. The van der Waals surface area contributed by atoms with E-state index in [9.17, 15) is 4.39 Å². The van der Waals surface area contributed by atoms with Crippen LogP contribution in [-0.4, -0.2) is 28.6 Å². The Bertz CT molecular complexity index is 570. The van der Waals surface area contributed by atoms with Crippen LogP contribution < -0.4 is 10.1 Å².